The van der Waals surface area contributed by atoms with Gasteiger partial charge >= 0.3 is 0 Å². The monoisotopic (exact) mass is 353 g/mol. The van der Waals surface area contributed by atoms with Crippen LogP contribution in [0, 0.1) is 0 Å². The highest BCUT2D eigenvalue weighted by Gasteiger charge is 2.37. The van der Waals surface area contributed by atoms with E-state index in [1.165, 1.54) is 5.56 Å². The topological polar surface area (TPSA) is 38.8 Å². The Morgan fingerprint density at radius 3 is 2.46 bits per heavy atom. The minimum atomic E-state index is -0.295. The van der Waals surface area contributed by atoms with E-state index in [2.05, 4.69) is 26.0 Å². The molecule has 0 bridgehead atoms. The second kappa shape index (κ2) is 7.92. The van der Waals surface area contributed by atoms with Crippen LogP contribution in [0.2, 0.25) is 0 Å². The smallest absolute Gasteiger partial charge is 0.227 e. The van der Waals surface area contributed by atoms with Crippen LogP contribution in [0.3, 0.4) is 0 Å². The lowest BCUT2D eigenvalue weighted by Crippen LogP contribution is -2.59. The molecule has 1 saturated heterocycles. The Balaban J connectivity index is 1.67. The van der Waals surface area contributed by atoms with Crippen LogP contribution < -0.4 is 4.74 Å². The van der Waals surface area contributed by atoms with Gasteiger partial charge in [0.05, 0.1) is 31.8 Å². The maximum Gasteiger partial charge on any atom is 0.227 e. The van der Waals surface area contributed by atoms with Gasteiger partial charge < -0.3 is 14.4 Å². The second-order valence-electron chi connectivity index (χ2n) is 7.46. The summed E-state index contributed by atoms with van der Waals surface area (Å²) in [6.45, 7) is 5.31. The van der Waals surface area contributed by atoms with E-state index in [4.69, 9.17) is 9.47 Å². The molecule has 26 heavy (non-hydrogen) atoms. The number of ether oxygens (including phenoxy) is 2. The lowest BCUT2D eigenvalue weighted by molar-refractivity contribution is -0.153. The first kappa shape index (κ1) is 18.5. The van der Waals surface area contributed by atoms with Crippen molar-refractivity contribution in [1.82, 2.24) is 4.90 Å². The molecule has 2 aromatic carbocycles. The molecule has 1 atom stereocenters. The van der Waals surface area contributed by atoms with Gasteiger partial charge in [0, 0.05) is 13.0 Å². The van der Waals surface area contributed by atoms with Gasteiger partial charge in [-0.25, -0.2) is 0 Å². The fourth-order valence-electron chi connectivity index (χ4n) is 3.36. The van der Waals surface area contributed by atoms with Crippen LogP contribution in [-0.2, 0) is 22.4 Å². The van der Waals surface area contributed by atoms with Gasteiger partial charge in [-0.3, -0.25) is 4.79 Å². The molecule has 1 aliphatic heterocycles. The van der Waals surface area contributed by atoms with Crippen LogP contribution in [0.15, 0.2) is 54.6 Å². The van der Waals surface area contributed by atoms with Crippen molar-refractivity contribution in [2.75, 3.05) is 20.3 Å². The molecule has 4 nitrogen and oxygen atoms in total. The number of carbonyl (C=O) groups excluding carboxylic acids is 1. The molecule has 0 saturated carbocycles. The van der Waals surface area contributed by atoms with E-state index < -0.39 is 0 Å². The van der Waals surface area contributed by atoms with Crippen LogP contribution in [0.25, 0.3) is 0 Å². The van der Waals surface area contributed by atoms with Gasteiger partial charge in [-0.1, -0.05) is 42.5 Å². The average Bonchev–Trinajstić information content (AvgIpc) is 2.64. The van der Waals surface area contributed by atoms with Crippen molar-refractivity contribution < 1.29 is 14.3 Å². The zero-order valence-corrected chi connectivity index (χ0v) is 15.8. The molecule has 1 fully saturated rings. The zero-order valence-electron chi connectivity index (χ0n) is 15.8. The van der Waals surface area contributed by atoms with Crippen molar-refractivity contribution in [2.24, 2.45) is 0 Å². The van der Waals surface area contributed by atoms with Gasteiger partial charge in [-0.15, -0.1) is 0 Å². The maximum atomic E-state index is 13.0. The molecule has 0 aliphatic carbocycles. The highest BCUT2D eigenvalue weighted by atomic mass is 16.5. The number of hydrogen-bond donors (Lipinski definition) is 0. The zero-order chi connectivity index (χ0) is 18.6. The summed E-state index contributed by atoms with van der Waals surface area (Å²) in [6, 6.07) is 18.0. The molecule has 1 amide bonds. The first-order valence-electron chi connectivity index (χ1n) is 9.07. The summed E-state index contributed by atoms with van der Waals surface area (Å²) in [6.07, 6.45) is 1.25. The molecule has 1 aliphatic rings. The van der Waals surface area contributed by atoms with E-state index in [1.807, 2.05) is 47.4 Å². The van der Waals surface area contributed by atoms with Gasteiger partial charge in [-0.2, -0.15) is 0 Å². The Hall–Kier alpha value is -2.33. The summed E-state index contributed by atoms with van der Waals surface area (Å²) >= 11 is 0. The third kappa shape index (κ3) is 4.44. The van der Waals surface area contributed by atoms with E-state index in [9.17, 15) is 4.79 Å². The maximum absolute atomic E-state index is 13.0. The van der Waals surface area contributed by atoms with Crippen molar-refractivity contribution in [3.05, 3.63) is 65.7 Å². The SMILES string of the molecule is COc1ccc(CC(=O)N2CC(Cc3ccccc3)OCC2(C)C)cc1. The predicted molar refractivity (Wildman–Crippen MR) is 102 cm³/mol. The van der Waals surface area contributed by atoms with E-state index in [-0.39, 0.29) is 17.6 Å². The van der Waals surface area contributed by atoms with Crippen LogP contribution in [0.5, 0.6) is 5.75 Å². The Kier molecular flexibility index (Phi) is 5.62. The molecule has 1 unspecified atom stereocenters. The normalized spacial score (nSPS) is 19.2. The number of nitrogens with zero attached hydrogens (tertiary/aromatic N) is 1. The first-order chi connectivity index (χ1) is 12.5. The minimum absolute atomic E-state index is 0.0326. The third-order valence-electron chi connectivity index (χ3n) is 4.91. The van der Waals surface area contributed by atoms with E-state index >= 15 is 0 Å². The highest BCUT2D eigenvalue weighted by Crippen LogP contribution is 2.25. The largest absolute Gasteiger partial charge is 0.497 e. The van der Waals surface area contributed by atoms with Crippen LogP contribution in [0.4, 0.5) is 0 Å². The number of amides is 1. The Morgan fingerprint density at radius 2 is 1.81 bits per heavy atom. The number of methoxy groups -OCH3 is 1. The summed E-state index contributed by atoms with van der Waals surface area (Å²) in [5, 5.41) is 0. The molecule has 4 heteroatoms. The molecule has 1 heterocycles. The Morgan fingerprint density at radius 1 is 1.12 bits per heavy atom. The summed E-state index contributed by atoms with van der Waals surface area (Å²) in [7, 11) is 1.64. The number of hydrogen-bond acceptors (Lipinski definition) is 3. The van der Waals surface area contributed by atoms with Crippen molar-refractivity contribution in [3.8, 4) is 5.75 Å². The van der Waals surface area contributed by atoms with Crippen molar-refractivity contribution in [1.29, 1.82) is 0 Å². The Labute approximate surface area is 155 Å². The standard InChI is InChI=1S/C22H27NO3/c1-22(2)16-26-20(13-17-7-5-4-6-8-17)15-23(22)21(24)14-18-9-11-19(25-3)12-10-18/h4-12,20H,13-16H2,1-3H3. The van der Waals surface area contributed by atoms with Gasteiger partial charge in [0.2, 0.25) is 5.91 Å². The fourth-order valence-corrected chi connectivity index (χ4v) is 3.36. The average molecular weight is 353 g/mol. The van der Waals surface area contributed by atoms with Gasteiger partial charge in [0.1, 0.15) is 5.75 Å². The molecule has 0 aromatic heterocycles. The van der Waals surface area contributed by atoms with Crippen LogP contribution >= 0.6 is 0 Å². The molecule has 0 N–H and O–H groups in total. The predicted octanol–water partition coefficient (Wildman–Crippen LogP) is 3.49. The third-order valence-corrected chi connectivity index (χ3v) is 4.91. The molecule has 3 rings (SSSR count). The second-order valence-corrected chi connectivity index (χ2v) is 7.46. The summed E-state index contributed by atoms with van der Waals surface area (Å²) < 4.78 is 11.2. The molecular formula is C22H27NO3. The summed E-state index contributed by atoms with van der Waals surface area (Å²) in [5.41, 5.74) is 1.94. The highest BCUT2D eigenvalue weighted by molar-refractivity contribution is 5.79. The Bertz CT molecular complexity index is 725. The van der Waals surface area contributed by atoms with E-state index in [0.29, 0.717) is 19.6 Å². The van der Waals surface area contributed by atoms with E-state index in [1.54, 1.807) is 7.11 Å². The fraction of sp³-hybridized carbons (Fsp3) is 0.409. The lowest BCUT2D eigenvalue weighted by Gasteiger charge is -2.45. The summed E-state index contributed by atoms with van der Waals surface area (Å²) in [4.78, 5) is 15.0. The number of carbonyl (C=O) groups is 1. The summed E-state index contributed by atoms with van der Waals surface area (Å²) in [5.74, 6) is 0.942. The van der Waals surface area contributed by atoms with Gasteiger partial charge in [-0.05, 0) is 37.1 Å². The minimum Gasteiger partial charge on any atom is -0.497 e. The number of rotatable bonds is 5. The molecule has 0 radical (unpaired) electrons. The van der Waals surface area contributed by atoms with Crippen LogP contribution in [0.1, 0.15) is 25.0 Å². The number of morpholine rings is 1. The molecular weight excluding hydrogens is 326 g/mol. The van der Waals surface area contributed by atoms with Crippen molar-refractivity contribution in [2.45, 2.75) is 38.3 Å². The van der Waals surface area contributed by atoms with Gasteiger partial charge in [0.25, 0.3) is 0 Å². The quantitative estimate of drug-likeness (QED) is 0.826. The molecule has 0 spiro atoms. The van der Waals surface area contributed by atoms with Crippen molar-refractivity contribution in [3.63, 3.8) is 0 Å². The van der Waals surface area contributed by atoms with Crippen molar-refractivity contribution >= 4 is 5.91 Å². The molecule has 138 valence electrons. The van der Waals surface area contributed by atoms with Gasteiger partial charge in [0.15, 0.2) is 0 Å². The van der Waals surface area contributed by atoms with E-state index in [0.717, 1.165) is 17.7 Å². The molecule has 2 aromatic rings. The number of benzene rings is 2. The van der Waals surface area contributed by atoms with Crippen LogP contribution in [-0.4, -0.2) is 42.7 Å². The first-order valence-corrected chi connectivity index (χ1v) is 9.07. The lowest BCUT2D eigenvalue weighted by atomic mass is 9.97.